The Morgan fingerprint density at radius 2 is 1.61 bits per heavy atom. The van der Waals surface area contributed by atoms with Crippen molar-refractivity contribution in [2.75, 3.05) is 0 Å². The topological polar surface area (TPSA) is 29.4 Å². The van der Waals surface area contributed by atoms with Gasteiger partial charge in [-0.3, -0.25) is 4.79 Å². The molecule has 0 heterocycles. The molecule has 92 valence electrons. The standard InChI is InChI=1S/C13H8Cl3NO/c1-7-2-4-8(5-3-7)17-10-6-9(14)13(18)12(16)11(10)15/h2-6H,1H3. The molecule has 2 rings (SSSR count). The van der Waals surface area contributed by atoms with E-state index in [4.69, 9.17) is 34.8 Å². The van der Waals surface area contributed by atoms with Gasteiger partial charge in [-0.2, -0.15) is 0 Å². The molecule has 0 saturated heterocycles. The molecular weight excluding hydrogens is 293 g/mol. The van der Waals surface area contributed by atoms with Gasteiger partial charge in [-0.25, -0.2) is 4.99 Å². The van der Waals surface area contributed by atoms with Gasteiger partial charge in [0.25, 0.3) is 0 Å². The summed E-state index contributed by atoms with van der Waals surface area (Å²) in [6.07, 6.45) is 1.41. The second-order valence-electron chi connectivity index (χ2n) is 3.78. The normalized spacial score (nSPS) is 18.3. The molecule has 0 aromatic heterocycles. The highest BCUT2D eigenvalue weighted by atomic mass is 35.5. The molecule has 1 aromatic rings. The van der Waals surface area contributed by atoms with Crippen molar-refractivity contribution in [1.29, 1.82) is 0 Å². The zero-order valence-electron chi connectivity index (χ0n) is 9.38. The summed E-state index contributed by atoms with van der Waals surface area (Å²) in [5.74, 6) is -0.480. The smallest absolute Gasteiger partial charge is 0.217 e. The summed E-state index contributed by atoms with van der Waals surface area (Å²) in [6.45, 7) is 1.98. The van der Waals surface area contributed by atoms with E-state index in [1.165, 1.54) is 6.08 Å². The lowest BCUT2D eigenvalue weighted by Crippen LogP contribution is -2.11. The van der Waals surface area contributed by atoms with Gasteiger partial charge in [-0.15, -0.1) is 0 Å². The van der Waals surface area contributed by atoms with E-state index < -0.39 is 5.78 Å². The third-order valence-electron chi connectivity index (χ3n) is 2.38. The van der Waals surface area contributed by atoms with E-state index in [-0.39, 0.29) is 15.1 Å². The van der Waals surface area contributed by atoms with Crippen LogP contribution in [0.3, 0.4) is 0 Å². The fourth-order valence-electron chi connectivity index (χ4n) is 1.41. The molecule has 1 aromatic carbocycles. The summed E-state index contributed by atoms with van der Waals surface area (Å²) in [7, 11) is 0. The number of allylic oxidation sites excluding steroid dienone is 4. The average Bonchev–Trinajstić information content (AvgIpc) is 2.36. The Kier molecular flexibility index (Phi) is 3.91. The Morgan fingerprint density at radius 1 is 1.00 bits per heavy atom. The van der Waals surface area contributed by atoms with Crippen LogP contribution < -0.4 is 0 Å². The van der Waals surface area contributed by atoms with Crippen molar-refractivity contribution >= 4 is 52.0 Å². The zero-order chi connectivity index (χ0) is 13.3. The lowest BCUT2D eigenvalue weighted by Gasteiger charge is -2.10. The van der Waals surface area contributed by atoms with E-state index in [2.05, 4.69) is 4.99 Å². The minimum atomic E-state index is -0.480. The molecule has 0 fully saturated rings. The maximum absolute atomic E-state index is 11.4. The number of rotatable bonds is 1. The lowest BCUT2D eigenvalue weighted by atomic mass is 10.1. The molecule has 2 nitrogen and oxygen atoms in total. The molecule has 0 unspecified atom stereocenters. The van der Waals surface area contributed by atoms with Crippen LogP contribution in [0.1, 0.15) is 5.56 Å². The molecule has 0 saturated carbocycles. The predicted molar refractivity (Wildman–Crippen MR) is 75.9 cm³/mol. The Hall–Kier alpha value is -1.09. The number of aryl methyl sites for hydroxylation is 1. The van der Waals surface area contributed by atoms with E-state index in [1.54, 1.807) is 0 Å². The van der Waals surface area contributed by atoms with Crippen molar-refractivity contribution in [1.82, 2.24) is 0 Å². The van der Waals surface area contributed by atoms with Gasteiger partial charge in [-0.1, -0.05) is 52.5 Å². The average molecular weight is 301 g/mol. The number of hydrogen-bond donors (Lipinski definition) is 0. The number of aliphatic imine (C=N–C) groups is 1. The third-order valence-corrected chi connectivity index (χ3v) is 3.50. The molecule has 0 radical (unpaired) electrons. The molecule has 18 heavy (non-hydrogen) atoms. The maximum atomic E-state index is 11.4. The highest BCUT2D eigenvalue weighted by molar-refractivity contribution is 6.64. The fourth-order valence-corrected chi connectivity index (χ4v) is 2.03. The summed E-state index contributed by atoms with van der Waals surface area (Å²) in [4.78, 5) is 15.8. The molecule has 0 aliphatic heterocycles. The number of carbonyl (C=O) groups is 1. The molecule has 1 aliphatic rings. The second-order valence-corrected chi connectivity index (χ2v) is 4.95. The number of hydrogen-bond acceptors (Lipinski definition) is 2. The minimum absolute atomic E-state index is 0.00950. The summed E-state index contributed by atoms with van der Waals surface area (Å²) in [6, 6.07) is 7.55. The van der Waals surface area contributed by atoms with Crippen LogP contribution >= 0.6 is 34.8 Å². The van der Waals surface area contributed by atoms with Crippen LogP contribution in [0.5, 0.6) is 0 Å². The van der Waals surface area contributed by atoms with Gasteiger partial charge in [0.15, 0.2) is 0 Å². The van der Waals surface area contributed by atoms with Crippen LogP contribution in [0.15, 0.2) is 50.4 Å². The van der Waals surface area contributed by atoms with E-state index in [1.807, 2.05) is 31.2 Å². The van der Waals surface area contributed by atoms with Crippen LogP contribution in [-0.2, 0) is 4.79 Å². The van der Waals surface area contributed by atoms with Crippen molar-refractivity contribution < 1.29 is 4.79 Å². The fraction of sp³-hybridized carbons (Fsp3) is 0.0769. The first kappa shape index (κ1) is 13.3. The molecule has 0 bridgehead atoms. The van der Waals surface area contributed by atoms with Crippen LogP contribution in [0.2, 0.25) is 0 Å². The van der Waals surface area contributed by atoms with Gasteiger partial charge >= 0.3 is 0 Å². The van der Waals surface area contributed by atoms with Crippen molar-refractivity contribution in [2.45, 2.75) is 6.92 Å². The largest absolute Gasteiger partial charge is 0.287 e. The predicted octanol–water partition coefficient (Wildman–Crippen LogP) is 4.46. The molecule has 0 spiro atoms. The first-order chi connectivity index (χ1) is 8.49. The van der Waals surface area contributed by atoms with Crippen LogP contribution in [-0.4, -0.2) is 11.5 Å². The Morgan fingerprint density at radius 3 is 2.22 bits per heavy atom. The summed E-state index contributed by atoms with van der Waals surface area (Å²) >= 11 is 17.5. The van der Waals surface area contributed by atoms with Crippen LogP contribution in [0, 0.1) is 6.92 Å². The summed E-state index contributed by atoms with van der Waals surface area (Å²) in [5.41, 5.74) is 2.23. The molecule has 0 amide bonds. The number of nitrogens with zero attached hydrogens (tertiary/aromatic N) is 1. The second kappa shape index (κ2) is 5.27. The third kappa shape index (κ3) is 2.66. The molecular formula is C13H8Cl3NO. The van der Waals surface area contributed by atoms with Crippen molar-refractivity contribution in [3.8, 4) is 0 Å². The first-order valence-electron chi connectivity index (χ1n) is 5.12. The molecule has 0 atom stereocenters. The van der Waals surface area contributed by atoms with Gasteiger partial charge in [0.1, 0.15) is 5.03 Å². The van der Waals surface area contributed by atoms with E-state index in [0.29, 0.717) is 11.4 Å². The highest BCUT2D eigenvalue weighted by Gasteiger charge is 2.23. The van der Waals surface area contributed by atoms with Gasteiger partial charge in [0.2, 0.25) is 5.78 Å². The Labute approximate surface area is 120 Å². The Bertz CT molecular complexity index is 597. The summed E-state index contributed by atoms with van der Waals surface area (Å²) < 4.78 is 0. The number of ketones is 1. The maximum Gasteiger partial charge on any atom is 0.217 e. The van der Waals surface area contributed by atoms with Gasteiger partial charge < -0.3 is 0 Å². The minimum Gasteiger partial charge on any atom is -0.287 e. The van der Waals surface area contributed by atoms with Crippen LogP contribution in [0.4, 0.5) is 5.69 Å². The molecule has 1 aliphatic carbocycles. The van der Waals surface area contributed by atoms with Crippen molar-refractivity contribution in [3.05, 3.63) is 51.0 Å². The number of carbonyl (C=O) groups excluding carboxylic acids is 1. The van der Waals surface area contributed by atoms with Gasteiger partial charge in [0.05, 0.1) is 21.5 Å². The number of halogens is 3. The zero-order valence-corrected chi connectivity index (χ0v) is 11.6. The molecule has 5 heteroatoms. The monoisotopic (exact) mass is 299 g/mol. The van der Waals surface area contributed by atoms with E-state index in [0.717, 1.165) is 5.56 Å². The number of benzene rings is 1. The van der Waals surface area contributed by atoms with Gasteiger partial charge in [0, 0.05) is 0 Å². The molecule has 0 N–H and O–H groups in total. The van der Waals surface area contributed by atoms with Gasteiger partial charge in [-0.05, 0) is 25.1 Å². The van der Waals surface area contributed by atoms with Crippen molar-refractivity contribution in [2.24, 2.45) is 4.99 Å². The summed E-state index contributed by atoms with van der Waals surface area (Å²) in [5, 5.41) is 0.0249. The Balaban J connectivity index is 2.45. The number of Topliss-reactive ketones (excluding diaryl/α,β-unsaturated/α-hetero) is 1. The van der Waals surface area contributed by atoms with E-state index in [9.17, 15) is 4.79 Å². The quantitative estimate of drug-likeness (QED) is 0.704. The van der Waals surface area contributed by atoms with Crippen LogP contribution in [0.25, 0.3) is 0 Å². The highest BCUT2D eigenvalue weighted by Crippen LogP contribution is 2.29. The van der Waals surface area contributed by atoms with E-state index >= 15 is 0 Å². The first-order valence-corrected chi connectivity index (χ1v) is 6.25. The van der Waals surface area contributed by atoms with Crippen molar-refractivity contribution in [3.63, 3.8) is 0 Å². The SMILES string of the molecule is Cc1ccc(N=C2C=C(Cl)C(=O)C(Cl)=C2Cl)cc1. The lowest BCUT2D eigenvalue weighted by molar-refractivity contribution is -0.111.